The van der Waals surface area contributed by atoms with Crippen LogP contribution in [-0.2, 0) is 22.5 Å². The Morgan fingerprint density at radius 2 is 1.85 bits per heavy atom. The quantitative estimate of drug-likeness (QED) is 0.199. The average Bonchev–Trinajstić information content (AvgIpc) is 3.61. The number of hydrogen-bond donors (Lipinski definition) is 2. The minimum absolute atomic E-state index is 0.0372. The van der Waals surface area contributed by atoms with Crippen LogP contribution >= 0.6 is 0 Å². The van der Waals surface area contributed by atoms with Crippen LogP contribution < -0.4 is 10.6 Å². The Morgan fingerprint density at radius 3 is 2.59 bits per heavy atom. The zero-order valence-electron chi connectivity index (χ0n) is 25.1. The highest BCUT2D eigenvalue weighted by molar-refractivity contribution is 5.91. The molecule has 0 aliphatic carbocycles. The van der Waals surface area contributed by atoms with Crippen molar-refractivity contribution in [2.75, 3.05) is 30.3 Å². The third-order valence-electron chi connectivity index (χ3n) is 8.25. The van der Waals surface area contributed by atoms with Crippen molar-refractivity contribution in [1.29, 1.82) is 0 Å². The minimum atomic E-state index is -4.86. The third-order valence-corrected chi connectivity index (χ3v) is 8.25. The van der Waals surface area contributed by atoms with E-state index >= 15 is 0 Å². The second-order valence-corrected chi connectivity index (χ2v) is 11.2. The van der Waals surface area contributed by atoms with Crippen molar-refractivity contribution >= 4 is 45.6 Å². The maximum Gasteiger partial charge on any atom is 0.471 e. The Labute approximate surface area is 262 Å². The summed E-state index contributed by atoms with van der Waals surface area (Å²) in [6.07, 6.45) is 1.39. The van der Waals surface area contributed by atoms with Crippen molar-refractivity contribution in [2.24, 2.45) is 5.92 Å². The topological polar surface area (TPSA) is 119 Å². The lowest BCUT2D eigenvalue weighted by Crippen LogP contribution is -2.45. The first-order valence-electron chi connectivity index (χ1n) is 15.1. The van der Waals surface area contributed by atoms with Gasteiger partial charge in [0.25, 0.3) is 0 Å². The Hall–Kier alpha value is -5.14. The summed E-state index contributed by atoms with van der Waals surface area (Å²) in [4.78, 5) is 29.4. The number of rotatable bonds is 9. The molecule has 0 unspecified atom stereocenters. The fourth-order valence-electron chi connectivity index (χ4n) is 5.88. The number of piperidine rings is 1. The number of fused-ring (bicyclic) bond motifs is 2. The number of aryl methyl sites for hydroxylation is 1. The van der Waals surface area contributed by atoms with Crippen LogP contribution in [0, 0.1) is 5.92 Å². The van der Waals surface area contributed by atoms with Gasteiger partial charge in [-0.15, -0.1) is 0 Å². The van der Waals surface area contributed by atoms with Crippen molar-refractivity contribution in [1.82, 2.24) is 29.3 Å². The minimum Gasteiger partial charge on any atom is -0.449 e. The van der Waals surface area contributed by atoms with Gasteiger partial charge in [0.1, 0.15) is 11.8 Å². The van der Waals surface area contributed by atoms with Gasteiger partial charge in [-0.25, -0.2) is 14.3 Å². The molecule has 6 rings (SSSR count). The van der Waals surface area contributed by atoms with E-state index in [4.69, 9.17) is 4.74 Å². The van der Waals surface area contributed by atoms with Gasteiger partial charge in [-0.3, -0.25) is 14.8 Å². The average molecular weight is 635 g/mol. The van der Waals surface area contributed by atoms with E-state index in [2.05, 4.69) is 37.9 Å². The normalized spacial score (nSPS) is 14.1. The van der Waals surface area contributed by atoms with Crippen molar-refractivity contribution in [2.45, 2.75) is 45.3 Å². The molecule has 0 saturated carbocycles. The van der Waals surface area contributed by atoms with Crippen molar-refractivity contribution in [3.05, 3.63) is 78.4 Å². The molecule has 14 heteroatoms. The lowest BCUT2D eigenvalue weighted by atomic mass is 9.94. The number of benzene rings is 2. The molecule has 1 fully saturated rings. The summed E-state index contributed by atoms with van der Waals surface area (Å²) in [5, 5.41) is 16.1. The molecular weight excluding hydrogens is 601 g/mol. The van der Waals surface area contributed by atoms with Crippen LogP contribution in [0.5, 0.6) is 0 Å². The number of halogens is 3. The van der Waals surface area contributed by atoms with Gasteiger partial charge in [0.2, 0.25) is 0 Å². The first-order chi connectivity index (χ1) is 22.2. The van der Waals surface area contributed by atoms with E-state index in [0.717, 1.165) is 32.6 Å². The highest BCUT2D eigenvalue weighted by atomic mass is 19.4. The van der Waals surface area contributed by atoms with Gasteiger partial charge in [-0.05, 0) is 55.4 Å². The fourth-order valence-corrected chi connectivity index (χ4v) is 5.88. The zero-order valence-corrected chi connectivity index (χ0v) is 25.1. The Kier molecular flexibility index (Phi) is 8.77. The molecule has 2 aromatic carbocycles. The summed E-state index contributed by atoms with van der Waals surface area (Å²) < 4.78 is 47.1. The van der Waals surface area contributed by atoms with Crippen molar-refractivity contribution in [3.63, 3.8) is 0 Å². The fraction of sp³-hybridized carbons (Fsp3) is 0.344. The molecule has 2 N–H and O–H groups in total. The number of nitrogens with one attached hydrogen (secondary N) is 2. The van der Waals surface area contributed by atoms with E-state index in [1.165, 1.54) is 6.33 Å². The molecule has 4 heterocycles. The smallest absolute Gasteiger partial charge is 0.449 e. The summed E-state index contributed by atoms with van der Waals surface area (Å²) in [5.74, 6) is -1.17. The maximum atomic E-state index is 12.7. The molecule has 46 heavy (non-hydrogen) atoms. The zero-order chi connectivity index (χ0) is 32.3. The molecule has 1 aliphatic rings. The predicted octanol–water partition coefficient (Wildman–Crippen LogP) is 6.17. The molecule has 0 radical (unpaired) electrons. The second-order valence-electron chi connectivity index (χ2n) is 11.2. The summed E-state index contributed by atoms with van der Waals surface area (Å²) in [5.41, 5.74) is 5.05. The lowest BCUT2D eigenvalue weighted by Gasteiger charge is -2.32. The number of ether oxygens (including phenoxy) is 1. The first-order valence-corrected chi connectivity index (χ1v) is 15.1. The lowest BCUT2D eigenvalue weighted by molar-refractivity contribution is -0.186. The van der Waals surface area contributed by atoms with Gasteiger partial charge >= 0.3 is 18.2 Å². The monoisotopic (exact) mass is 634 g/mol. The number of alkyl halides is 3. The Bertz CT molecular complexity index is 1850. The number of aromatic nitrogens is 5. The largest absolute Gasteiger partial charge is 0.471 e. The number of carbonyl (C=O) groups excluding carboxylic acids is 2. The maximum absolute atomic E-state index is 12.7. The molecule has 0 bridgehead atoms. The van der Waals surface area contributed by atoms with Crippen LogP contribution in [0.2, 0.25) is 0 Å². The number of carbonyl (C=O) groups is 2. The standard InChI is InChI=1S/C32H33F3N8O3/c1-2-25-26(40-31(45)46-15-12-21-10-13-41(14-11-21)30(44)32(33,34)35)19-43-28(25)29(36-20-38-43)39-24-8-9-27-23(16-24)17-37-42(27)18-22-6-4-3-5-7-22/h3-9,16-17,19-21H,2,10-15,18H2,1H3,(H,40,45)(H,36,38,39). The van der Waals surface area contributed by atoms with E-state index < -0.39 is 18.2 Å². The van der Waals surface area contributed by atoms with Gasteiger partial charge in [-0.1, -0.05) is 37.3 Å². The second kappa shape index (κ2) is 13.1. The molecule has 11 nitrogen and oxygen atoms in total. The van der Waals surface area contributed by atoms with E-state index in [-0.39, 0.29) is 25.6 Å². The molecule has 1 saturated heterocycles. The number of hydrogen-bond acceptors (Lipinski definition) is 7. The van der Waals surface area contributed by atoms with Crippen molar-refractivity contribution < 1.29 is 27.5 Å². The van der Waals surface area contributed by atoms with Crippen LogP contribution in [-0.4, -0.2) is 67.2 Å². The Balaban J connectivity index is 1.08. The third kappa shape index (κ3) is 6.75. The van der Waals surface area contributed by atoms with E-state index in [1.54, 1.807) is 10.7 Å². The number of anilines is 3. The van der Waals surface area contributed by atoms with Crippen LogP contribution in [0.3, 0.4) is 0 Å². The molecule has 2 amide bonds. The Morgan fingerprint density at radius 1 is 1.07 bits per heavy atom. The number of likely N-dealkylation sites (tertiary alicyclic amines) is 1. The number of amides is 2. The number of nitrogens with zero attached hydrogens (tertiary/aromatic N) is 6. The SMILES string of the molecule is CCc1c(NC(=O)OCCC2CCN(C(=O)C(F)(F)F)CC2)cn2ncnc(Nc3ccc4c(cnn4Cc4ccccc4)c3)c12. The molecular formula is C32H33F3N8O3. The van der Waals surface area contributed by atoms with E-state index in [1.807, 2.05) is 54.2 Å². The first kappa shape index (κ1) is 30.9. The van der Waals surface area contributed by atoms with Gasteiger partial charge in [0.15, 0.2) is 5.82 Å². The molecule has 3 aromatic heterocycles. The summed E-state index contributed by atoms with van der Waals surface area (Å²) >= 11 is 0. The highest BCUT2D eigenvalue weighted by Crippen LogP contribution is 2.31. The molecule has 0 atom stereocenters. The van der Waals surface area contributed by atoms with Crippen LogP contribution in [0.15, 0.2) is 67.3 Å². The van der Waals surface area contributed by atoms with Crippen LogP contribution in [0.1, 0.15) is 37.3 Å². The predicted molar refractivity (Wildman–Crippen MR) is 166 cm³/mol. The van der Waals surface area contributed by atoms with Crippen LogP contribution in [0.4, 0.5) is 35.2 Å². The molecule has 1 aliphatic heterocycles. The molecule has 0 spiro atoms. The van der Waals surface area contributed by atoms with Gasteiger partial charge in [0.05, 0.1) is 36.7 Å². The van der Waals surface area contributed by atoms with E-state index in [0.29, 0.717) is 49.2 Å². The van der Waals surface area contributed by atoms with E-state index in [9.17, 15) is 22.8 Å². The summed E-state index contributed by atoms with van der Waals surface area (Å²) in [6, 6.07) is 16.1. The van der Waals surface area contributed by atoms with Crippen LogP contribution in [0.25, 0.3) is 16.4 Å². The van der Waals surface area contributed by atoms with Gasteiger partial charge < -0.3 is 15.0 Å². The summed E-state index contributed by atoms with van der Waals surface area (Å²) in [7, 11) is 0. The van der Waals surface area contributed by atoms with Gasteiger partial charge in [0, 0.05) is 29.7 Å². The van der Waals surface area contributed by atoms with Crippen molar-refractivity contribution in [3.8, 4) is 0 Å². The molecule has 5 aromatic rings. The van der Waals surface area contributed by atoms with Gasteiger partial charge in [-0.2, -0.15) is 23.4 Å². The summed E-state index contributed by atoms with van der Waals surface area (Å²) in [6.45, 7) is 2.81. The highest BCUT2D eigenvalue weighted by Gasteiger charge is 2.43. The molecule has 240 valence electrons.